The van der Waals surface area contributed by atoms with E-state index in [-0.39, 0.29) is 130 Å². The van der Waals surface area contributed by atoms with Crippen LogP contribution in [0.15, 0.2) is 17.1 Å². The molecule has 1 aromatic heterocycles. The van der Waals surface area contributed by atoms with Gasteiger partial charge < -0.3 is 44.2 Å². The molecule has 2 rings (SSSR count). The maximum Gasteiger partial charge on any atom is 1.00 e. The van der Waals surface area contributed by atoms with E-state index in [4.69, 9.17) is 10.5 Å². The normalized spacial score (nSPS) is 23.8. The second-order valence-corrected chi connectivity index (χ2v) is 9.52. The van der Waals surface area contributed by atoms with E-state index in [1.165, 1.54) is 12.3 Å². The topological polar surface area (TPSA) is 262 Å². The van der Waals surface area contributed by atoms with E-state index >= 15 is 0 Å². The molecule has 1 saturated heterocycles. The predicted molar refractivity (Wildman–Crippen MR) is 78.4 cm³/mol. The van der Waals surface area contributed by atoms with Crippen LogP contribution in [0.4, 0.5) is 5.82 Å². The van der Waals surface area contributed by atoms with Crippen molar-refractivity contribution in [2.24, 2.45) is 0 Å². The number of aromatic nitrogens is 2. The van der Waals surface area contributed by atoms with Gasteiger partial charge >= 0.3 is 124 Å². The van der Waals surface area contributed by atoms with Gasteiger partial charge in [-0.1, -0.05) is 0 Å². The summed E-state index contributed by atoms with van der Waals surface area (Å²) in [7, 11) is -17.9. The number of rotatable bonds is 8. The average Bonchev–Trinajstić information content (AvgIpc) is 2.82. The van der Waals surface area contributed by atoms with Crippen molar-refractivity contribution in [2.75, 3.05) is 12.3 Å². The fourth-order valence-corrected chi connectivity index (χ4v) is 4.99. The molecule has 1 aliphatic heterocycles. The molecule has 0 aliphatic carbocycles. The molecule has 0 aromatic carbocycles. The minimum absolute atomic E-state index is 0. The number of phosphoric ester groups is 1. The molecule has 1 fully saturated rings. The van der Waals surface area contributed by atoms with Crippen molar-refractivity contribution in [1.29, 1.82) is 0 Å². The number of nitrogens with zero attached hydrogens (tertiary/aromatic N) is 2. The maximum atomic E-state index is 11.7. The molecule has 0 spiro atoms. The molecule has 160 valence electrons. The van der Waals surface area contributed by atoms with Gasteiger partial charge in [-0.2, -0.15) is 4.98 Å². The summed E-state index contributed by atoms with van der Waals surface area (Å²) in [6, 6.07) is 1.27. The third-order valence-corrected chi connectivity index (χ3v) is 6.83. The van der Waals surface area contributed by atoms with E-state index in [9.17, 15) is 43.2 Å². The van der Waals surface area contributed by atoms with E-state index in [0.29, 0.717) is 0 Å². The number of hydrogen-bond donors (Lipinski definition) is 2. The van der Waals surface area contributed by atoms with E-state index < -0.39 is 54.2 Å². The van der Waals surface area contributed by atoms with Gasteiger partial charge in [0.05, 0.1) is 20.5 Å². The predicted octanol–water partition coefficient (Wildman–Crippen LogP) is -15.7. The van der Waals surface area contributed by atoms with Crippen LogP contribution in [0.1, 0.15) is 12.6 Å². The van der Waals surface area contributed by atoms with Gasteiger partial charge in [-0.3, -0.25) is 18.0 Å². The molecule has 16 nitrogen and oxygen atoms in total. The number of nitrogen functional groups attached to an aromatic ring is 1. The number of aliphatic hydroxyl groups is 1. The smallest absolute Gasteiger partial charge is 0.790 e. The summed E-state index contributed by atoms with van der Waals surface area (Å²) in [5, 5.41) is 9.89. The van der Waals surface area contributed by atoms with Gasteiger partial charge in [-0.25, -0.2) is 9.11 Å². The molecule has 0 saturated carbocycles. The fraction of sp³-hybridized carbons (Fsp3) is 0.556. The number of anilines is 1. The molecule has 1 aromatic rings. The molecular formula is C9H12N3Na4O13P3. The summed E-state index contributed by atoms with van der Waals surface area (Å²) < 4.78 is 49.5. The van der Waals surface area contributed by atoms with Crippen LogP contribution in [0.5, 0.6) is 0 Å². The molecule has 5 atom stereocenters. The third-order valence-electron chi connectivity index (χ3n) is 3.16. The molecule has 23 heteroatoms. The number of hydrogen-bond acceptors (Lipinski definition) is 15. The zero-order valence-corrected chi connectivity index (χ0v) is 28.1. The Kier molecular flexibility index (Phi) is 19.9. The molecular weight excluding hydrogens is 555 g/mol. The number of aliphatic hydroxyl groups excluding tert-OH is 1. The first-order chi connectivity index (χ1) is 12.7. The Morgan fingerprint density at radius 3 is 2.19 bits per heavy atom. The van der Waals surface area contributed by atoms with Crippen LogP contribution >= 0.6 is 23.5 Å². The van der Waals surface area contributed by atoms with E-state index in [1.807, 2.05) is 0 Å². The summed E-state index contributed by atoms with van der Waals surface area (Å²) in [5.41, 5.74) is 4.53. The van der Waals surface area contributed by atoms with Gasteiger partial charge in [0.1, 0.15) is 18.1 Å². The number of phosphoric acid groups is 3. The van der Waals surface area contributed by atoms with Crippen LogP contribution < -0.4 is 149 Å². The molecule has 3 N–H and O–H groups in total. The van der Waals surface area contributed by atoms with Crippen molar-refractivity contribution in [3.8, 4) is 0 Å². The molecule has 1 aliphatic rings. The molecule has 2 heterocycles. The molecule has 0 bridgehead atoms. The first kappa shape index (κ1) is 39.5. The van der Waals surface area contributed by atoms with Crippen LogP contribution in [0.2, 0.25) is 0 Å². The van der Waals surface area contributed by atoms with Gasteiger partial charge in [-0.05, 0) is 6.07 Å². The van der Waals surface area contributed by atoms with Gasteiger partial charge in [0.15, 0.2) is 0 Å². The Bertz CT molecular complexity index is 931. The Labute approximate surface area is 269 Å². The zero-order valence-electron chi connectivity index (χ0n) is 17.5. The average molecular weight is 567 g/mol. The van der Waals surface area contributed by atoms with Gasteiger partial charge in [-0.15, -0.1) is 0 Å². The van der Waals surface area contributed by atoms with Crippen molar-refractivity contribution in [3.05, 3.63) is 22.7 Å². The maximum absolute atomic E-state index is 11.7. The third kappa shape index (κ3) is 13.5. The SMILES string of the molecule is [15NH2][13c]1[13cH][13cH][15n]([13C@H]2[13CH2][13C@H](O)[13C@@H]([13CH2]OP(=O)([O-])OP(=O)([O-])OP(=O)([O-])[O-])O2)[13c](=O)[15n]1.[Na+].[Na+].[Na+].[Na+]. The fourth-order valence-electron chi connectivity index (χ4n) is 2.13. The second-order valence-electron chi connectivity index (χ2n) is 5.28. The van der Waals surface area contributed by atoms with Crippen LogP contribution in [0, 0.1) is 0 Å². The summed E-state index contributed by atoms with van der Waals surface area (Å²) in [5.74, 6) is -0.0610. The molecule has 0 radical (unpaired) electrons. The van der Waals surface area contributed by atoms with Crippen LogP contribution in [-0.2, 0) is 31.6 Å². The van der Waals surface area contributed by atoms with Gasteiger partial charge in [0.25, 0.3) is 15.6 Å². The molecule has 2 unspecified atom stereocenters. The first-order valence-corrected chi connectivity index (χ1v) is 11.5. The Hall–Kier alpha value is 3.01. The van der Waals surface area contributed by atoms with Gasteiger partial charge in [0, 0.05) is 12.6 Å². The van der Waals surface area contributed by atoms with Crippen LogP contribution in [0.25, 0.3) is 0 Å². The Morgan fingerprint density at radius 2 is 1.69 bits per heavy atom. The minimum atomic E-state index is -6.10. The van der Waals surface area contributed by atoms with E-state index in [0.717, 1.165) is 4.57 Å². The number of nitrogens with two attached hydrogens (primary N) is 1. The van der Waals surface area contributed by atoms with Crippen molar-refractivity contribution in [1.82, 2.24) is 9.55 Å². The number of ether oxygens (including phenoxy) is 1. The van der Waals surface area contributed by atoms with Crippen molar-refractivity contribution >= 4 is 29.3 Å². The van der Waals surface area contributed by atoms with E-state index in [2.05, 4.69) is 18.1 Å². The molecule has 0 amide bonds. The Balaban J connectivity index is -0.00000210. The van der Waals surface area contributed by atoms with Crippen molar-refractivity contribution < 1.29 is 174 Å². The minimum Gasteiger partial charge on any atom is -0.790 e. The summed E-state index contributed by atoms with van der Waals surface area (Å²) in [4.78, 5) is 58.2. The molecule has 32 heavy (non-hydrogen) atoms. The Morgan fingerprint density at radius 1 is 1.12 bits per heavy atom. The first-order valence-electron chi connectivity index (χ1n) is 7.07. The summed E-state index contributed by atoms with van der Waals surface area (Å²) >= 11 is 0. The second kappa shape index (κ2) is 16.1. The van der Waals surface area contributed by atoms with Crippen molar-refractivity contribution in [2.45, 2.75) is 24.9 Å². The quantitative estimate of drug-likeness (QED) is 0.128. The zero-order chi connectivity index (χ0) is 21.3. The summed E-state index contributed by atoms with van der Waals surface area (Å²) in [6.07, 6.45) is -2.70. The van der Waals surface area contributed by atoms with Crippen LogP contribution in [0.3, 0.4) is 0 Å². The largest absolute Gasteiger partial charge is 1.00 e. The monoisotopic (exact) mass is 567 g/mol. The van der Waals surface area contributed by atoms with Crippen molar-refractivity contribution in [3.63, 3.8) is 0 Å². The van der Waals surface area contributed by atoms with E-state index in [1.54, 1.807) is 0 Å². The van der Waals surface area contributed by atoms with Gasteiger partial charge in [0.2, 0.25) is 0 Å². The van der Waals surface area contributed by atoms with Crippen LogP contribution in [-0.4, -0.2) is 33.5 Å². The standard InChI is InChI=1S/C9H16N3O13P3.4Na/c10-7-1-2-12(9(14)11-7)8-3-5(13)6(23-8)4-22-27(18,19)25-28(20,21)24-26(15,16)17;;;;/h1-2,5-6,8,13H,3-4H2,(H,18,19)(H,20,21)(H2,10,11,14)(H2,15,16,17);;;;/q;4*+1/p-4/t5-,6+,8+;;;;/m0..../s1/i1+1,2+1,3+1,4+1,5+1,6+1,7+1,8+1,9+1,10+1,11+1,12+1;;;;. The summed E-state index contributed by atoms with van der Waals surface area (Å²) in [6.45, 7) is -0.970.